The monoisotopic (exact) mass is 315 g/mol. The lowest BCUT2D eigenvalue weighted by molar-refractivity contribution is -0.117. The highest BCUT2D eigenvalue weighted by Gasteiger charge is 2.26. The molecule has 1 heterocycles. The number of carbonyl (C=O) groups excluding carboxylic acids is 1. The van der Waals surface area contributed by atoms with Gasteiger partial charge in [0.15, 0.2) is 0 Å². The van der Waals surface area contributed by atoms with Crippen molar-refractivity contribution in [3.05, 3.63) is 26.9 Å². The van der Waals surface area contributed by atoms with Crippen LogP contribution in [0.25, 0.3) is 6.08 Å². The standard InChI is InChI=1S/C12H14BrNO2S/c13-11-3-1-10(17-11)2-4-12(16)14-7-8-5-9(15)6-8/h1-4,8-9,15H,5-7H2,(H,14,16). The summed E-state index contributed by atoms with van der Waals surface area (Å²) >= 11 is 4.96. The minimum absolute atomic E-state index is 0.0732. The molecule has 17 heavy (non-hydrogen) atoms. The average molecular weight is 316 g/mol. The van der Waals surface area contributed by atoms with E-state index in [4.69, 9.17) is 5.11 Å². The van der Waals surface area contributed by atoms with Crippen molar-refractivity contribution >= 4 is 39.2 Å². The van der Waals surface area contributed by atoms with Gasteiger partial charge in [-0.15, -0.1) is 11.3 Å². The largest absolute Gasteiger partial charge is 0.393 e. The fourth-order valence-electron chi connectivity index (χ4n) is 1.75. The van der Waals surface area contributed by atoms with Gasteiger partial charge in [0.1, 0.15) is 0 Å². The van der Waals surface area contributed by atoms with E-state index in [1.165, 1.54) is 0 Å². The molecule has 1 fully saturated rings. The van der Waals surface area contributed by atoms with Gasteiger partial charge in [0.05, 0.1) is 9.89 Å². The molecule has 0 aliphatic heterocycles. The van der Waals surface area contributed by atoms with E-state index in [0.717, 1.165) is 21.5 Å². The smallest absolute Gasteiger partial charge is 0.244 e. The van der Waals surface area contributed by atoms with Crippen LogP contribution in [0, 0.1) is 5.92 Å². The Bertz CT molecular complexity index is 424. The molecule has 1 aromatic heterocycles. The fourth-order valence-corrected chi connectivity index (χ4v) is 3.07. The van der Waals surface area contributed by atoms with E-state index in [0.29, 0.717) is 12.5 Å². The number of carbonyl (C=O) groups is 1. The Morgan fingerprint density at radius 2 is 2.35 bits per heavy atom. The molecular weight excluding hydrogens is 302 g/mol. The van der Waals surface area contributed by atoms with E-state index in [2.05, 4.69) is 21.2 Å². The third-order valence-corrected chi connectivity index (χ3v) is 4.36. The van der Waals surface area contributed by atoms with E-state index in [1.54, 1.807) is 23.5 Å². The van der Waals surface area contributed by atoms with Crippen molar-refractivity contribution in [2.24, 2.45) is 5.92 Å². The molecule has 0 aromatic carbocycles. The van der Waals surface area contributed by atoms with Gasteiger partial charge in [0.25, 0.3) is 0 Å². The van der Waals surface area contributed by atoms with Gasteiger partial charge in [-0.1, -0.05) is 0 Å². The molecule has 1 aliphatic carbocycles. The zero-order valence-corrected chi connectivity index (χ0v) is 11.6. The lowest BCUT2D eigenvalue weighted by atomic mass is 9.82. The number of halogens is 1. The van der Waals surface area contributed by atoms with E-state index in [-0.39, 0.29) is 12.0 Å². The number of aliphatic hydroxyl groups excluding tert-OH is 1. The van der Waals surface area contributed by atoms with Crippen molar-refractivity contribution in [3.63, 3.8) is 0 Å². The lowest BCUT2D eigenvalue weighted by Gasteiger charge is -2.31. The number of rotatable bonds is 4. The molecule has 1 amide bonds. The maximum atomic E-state index is 11.5. The number of aliphatic hydroxyl groups is 1. The quantitative estimate of drug-likeness (QED) is 0.838. The van der Waals surface area contributed by atoms with Crippen molar-refractivity contribution < 1.29 is 9.90 Å². The van der Waals surface area contributed by atoms with Crippen LogP contribution in [0.2, 0.25) is 0 Å². The summed E-state index contributed by atoms with van der Waals surface area (Å²) in [6.45, 7) is 0.661. The van der Waals surface area contributed by atoms with Gasteiger partial charge < -0.3 is 10.4 Å². The maximum absolute atomic E-state index is 11.5. The van der Waals surface area contributed by atoms with Crippen LogP contribution >= 0.6 is 27.3 Å². The number of thiophene rings is 1. The summed E-state index contributed by atoms with van der Waals surface area (Å²) in [6, 6.07) is 3.92. The first kappa shape index (κ1) is 12.8. The normalized spacial score (nSPS) is 23.6. The number of amides is 1. The third kappa shape index (κ3) is 3.94. The van der Waals surface area contributed by atoms with Crippen LogP contribution in [0.15, 0.2) is 22.0 Å². The van der Waals surface area contributed by atoms with Gasteiger partial charge >= 0.3 is 0 Å². The van der Waals surface area contributed by atoms with Crippen LogP contribution in [-0.2, 0) is 4.79 Å². The first-order valence-electron chi connectivity index (χ1n) is 5.53. The van der Waals surface area contributed by atoms with Crippen LogP contribution in [0.3, 0.4) is 0 Å². The van der Waals surface area contributed by atoms with E-state index in [1.807, 2.05) is 12.1 Å². The second-order valence-corrected chi connectivity index (χ2v) is 6.71. The molecule has 1 saturated carbocycles. The Labute approximate surface area is 113 Å². The highest BCUT2D eigenvalue weighted by Crippen LogP contribution is 2.26. The Kier molecular flexibility index (Phi) is 4.36. The molecule has 0 atom stereocenters. The lowest BCUT2D eigenvalue weighted by Crippen LogP contribution is -2.37. The van der Waals surface area contributed by atoms with Crippen molar-refractivity contribution in [1.82, 2.24) is 5.32 Å². The maximum Gasteiger partial charge on any atom is 0.244 e. The molecule has 0 radical (unpaired) electrons. The second kappa shape index (κ2) is 5.80. The number of hydrogen-bond donors (Lipinski definition) is 2. The Morgan fingerprint density at radius 3 is 2.94 bits per heavy atom. The van der Waals surface area contributed by atoms with E-state index < -0.39 is 0 Å². The molecule has 3 nitrogen and oxygen atoms in total. The molecule has 0 unspecified atom stereocenters. The minimum atomic E-state index is -0.157. The van der Waals surface area contributed by atoms with Crippen molar-refractivity contribution in [2.45, 2.75) is 18.9 Å². The van der Waals surface area contributed by atoms with Gasteiger partial charge in [-0.05, 0) is 52.9 Å². The first-order chi connectivity index (χ1) is 8.13. The predicted octanol–water partition coefficient (Wildman–Crippen LogP) is 2.41. The van der Waals surface area contributed by atoms with Crippen molar-refractivity contribution in [3.8, 4) is 0 Å². The topological polar surface area (TPSA) is 49.3 Å². The predicted molar refractivity (Wildman–Crippen MR) is 72.8 cm³/mol. The van der Waals surface area contributed by atoms with Crippen LogP contribution < -0.4 is 5.32 Å². The molecular formula is C12H14BrNO2S. The summed E-state index contributed by atoms with van der Waals surface area (Å²) in [5, 5.41) is 11.9. The molecule has 2 rings (SSSR count). The van der Waals surface area contributed by atoms with Gasteiger partial charge in [-0.25, -0.2) is 0 Å². The average Bonchev–Trinajstić information content (AvgIpc) is 2.66. The summed E-state index contributed by atoms with van der Waals surface area (Å²) < 4.78 is 1.06. The highest BCUT2D eigenvalue weighted by atomic mass is 79.9. The van der Waals surface area contributed by atoms with Crippen molar-refractivity contribution in [2.75, 3.05) is 6.54 Å². The minimum Gasteiger partial charge on any atom is -0.393 e. The molecule has 92 valence electrons. The zero-order valence-electron chi connectivity index (χ0n) is 9.23. The SMILES string of the molecule is O=C(C=Cc1ccc(Br)s1)NCC1CC(O)C1. The molecule has 0 spiro atoms. The second-order valence-electron chi connectivity index (χ2n) is 4.21. The zero-order chi connectivity index (χ0) is 12.3. The Morgan fingerprint density at radius 1 is 1.59 bits per heavy atom. The molecule has 0 saturated heterocycles. The molecule has 1 aliphatic rings. The number of hydrogen-bond acceptors (Lipinski definition) is 3. The summed E-state index contributed by atoms with van der Waals surface area (Å²) in [7, 11) is 0. The van der Waals surface area contributed by atoms with Crippen LogP contribution in [0.1, 0.15) is 17.7 Å². The van der Waals surface area contributed by atoms with E-state index in [9.17, 15) is 4.79 Å². The molecule has 2 N–H and O–H groups in total. The van der Waals surface area contributed by atoms with Crippen LogP contribution in [0.5, 0.6) is 0 Å². The summed E-state index contributed by atoms with van der Waals surface area (Å²) in [5.41, 5.74) is 0. The fraction of sp³-hybridized carbons (Fsp3) is 0.417. The number of nitrogens with one attached hydrogen (secondary N) is 1. The van der Waals surface area contributed by atoms with Gasteiger partial charge in [-0.3, -0.25) is 4.79 Å². The molecule has 0 bridgehead atoms. The van der Waals surface area contributed by atoms with Crippen LogP contribution in [-0.4, -0.2) is 23.7 Å². The van der Waals surface area contributed by atoms with Gasteiger partial charge in [0, 0.05) is 17.5 Å². The van der Waals surface area contributed by atoms with Crippen molar-refractivity contribution in [1.29, 1.82) is 0 Å². The summed E-state index contributed by atoms with van der Waals surface area (Å²) in [4.78, 5) is 12.5. The molecule has 5 heteroatoms. The third-order valence-electron chi connectivity index (χ3n) is 2.77. The van der Waals surface area contributed by atoms with Gasteiger partial charge in [-0.2, -0.15) is 0 Å². The summed E-state index contributed by atoms with van der Waals surface area (Å²) in [6.07, 6.45) is 4.81. The first-order valence-corrected chi connectivity index (χ1v) is 7.14. The Hall–Kier alpha value is -0.650. The Balaban J connectivity index is 1.71. The van der Waals surface area contributed by atoms with E-state index >= 15 is 0 Å². The summed E-state index contributed by atoms with van der Waals surface area (Å²) in [5.74, 6) is 0.370. The van der Waals surface area contributed by atoms with Gasteiger partial charge in [0.2, 0.25) is 5.91 Å². The van der Waals surface area contributed by atoms with Crippen LogP contribution in [0.4, 0.5) is 0 Å². The molecule has 1 aromatic rings. The highest BCUT2D eigenvalue weighted by molar-refractivity contribution is 9.11.